The SMILES string of the molecule is COc1ccccc1OCc1ccc(C(=O)N(Cc2ccccc2)C2CC2)o1. The minimum atomic E-state index is -0.0742. The summed E-state index contributed by atoms with van der Waals surface area (Å²) in [6.45, 7) is 0.827. The molecule has 144 valence electrons. The molecular formula is C23H23NO4. The van der Waals surface area contributed by atoms with Gasteiger partial charge < -0.3 is 18.8 Å². The van der Waals surface area contributed by atoms with Gasteiger partial charge in [0.25, 0.3) is 5.91 Å². The quantitative estimate of drug-likeness (QED) is 0.572. The minimum Gasteiger partial charge on any atom is -0.493 e. The Kier molecular flexibility index (Phi) is 5.33. The molecule has 0 atom stereocenters. The lowest BCUT2D eigenvalue weighted by molar-refractivity contribution is 0.0693. The number of carbonyl (C=O) groups is 1. The van der Waals surface area contributed by atoms with Crippen molar-refractivity contribution in [3.63, 3.8) is 0 Å². The van der Waals surface area contributed by atoms with Crippen LogP contribution in [0, 0.1) is 0 Å². The zero-order valence-corrected chi connectivity index (χ0v) is 15.8. The number of carbonyl (C=O) groups excluding carboxylic acids is 1. The fourth-order valence-electron chi connectivity index (χ4n) is 3.13. The molecule has 5 heteroatoms. The second-order valence-electron chi connectivity index (χ2n) is 6.86. The third-order valence-corrected chi connectivity index (χ3v) is 4.76. The summed E-state index contributed by atoms with van der Waals surface area (Å²) in [5.74, 6) is 2.17. The molecule has 1 aromatic heterocycles. The van der Waals surface area contributed by atoms with Gasteiger partial charge in [-0.25, -0.2) is 0 Å². The van der Waals surface area contributed by atoms with E-state index in [2.05, 4.69) is 0 Å². The van der Waals surface area contributed by atoms with Crippen LogP contribution in [0.1, 0.15) is 34.7 Å². The Bertz CT molecular complexity index is 931. The lowest BCUT2D eigenvalue weighted by Gasteiger charge is -2.21. The number of hydrogen-bond donors (Lipinski definition) is 0. The third-order valence-electron chi connectivity index (χ3n) is 4.76. The molecular weight excluding hydrogens is 354 g/mol. The van der Waals surface area contributed by atoms with Crippen molar-refractivity contribution in [2.75, 3.05) is 7.11 Å². The fraction of sp³-hybridized carbons (Fsp3) is 0.261. The van der Waals surface area contributed by atoms with E-state index in [9.17, 15) is 4.79 Å². The first-order valence-electron chi connectivity index (χ1n) is 9.44. The van der Waals surface area contributed by atoms with Crippen LogP contribution in [0.3, 0.4) is 0 Å². The van der Waals surface area contributed by atoms with Gasteiger partial charge in [-0.15, -0.1) is 0 Å². The average Bonchev–Trinajstić information content (AvgIpc) is 3.48. The largest absolute Gasteiger partial charge is 0.493 e. The molecule has 1 aliphatic rings. The molecule has 28 heavy (non-hydrogen) atoms. The van der Waals surface area contributed by atoms with Crippen molar-refractivity contribution >= 4 is 5.91 Å². The van der Waals surface area contributed by atoms with Crippen LogP contribution in [0.5, 0.6) is 11.5 Å². The number of furan rings is 1. The van der Waals surface area contributed by atoms with Crippen LogP contribution in [-0.4, -0.2) is 24.0 Å². The first kappa shape index (κ1) is 18.2. The molecule has 2 aromatic carbocycles. The van der Waals surface area contributed by atoms with Gasteiger partial charge in [-0.3, -0.25) is 4.79 Å². The van der Waals surface area contributed by atoms with Crippen molar-refractivity contribution in [1.29, 1.82) is 0 Å². The van der Waals surface area contributed by atoms with Crippen LogP contribution >= 0.6 is 0 Å². The Hall–Kier alpha value is -3.21. The summed E-state index contributed by atoms with van der Waals surface area (Å²) >= 11 is 0. The maximum Gasteiger partial charge on any atom is 0.290 e. The number of benzene rings is 2. The van der Waals surface area contributed by atoms with Crippen molar-refractivity contribution in [2.24, 2.45) is 0 Å². The molecule has 0 unspecified atom stereocenters. The van der Waals surface area contributed by atoms with Gasteiger partial charge in [0.2, 0.25) is 0 Å². The summed E-state index contributed by atoms with van der Waals surface area (Å²) in [4.78, 5) is 14.9. The maximum absolute atomic E-state index is 13.0. The summed E-state index contributed by atoms with van der Waals surface area (Å²) < 4.78 is 16.8. The molecule has 0 aliphatic heterocycles. The van der Waals surface area contributed by atoms with Crippen molar-refractivity contribution in [3.8, 4) is 11.5 Å². The van der Waals surface area contributed by atoms with Gasteiger partial charge in [-0.2, -0.15) is 0 Å². The van der Waals surface area contributed by atoms with Gasteiger partial charge >= 0.3 is 0 Å². The summed E-state index contributed by atoms with van der Waals surface area (Å²) in [7, 11) is 1.60. The molecule has 0 radical (unpaired) electrons. The Labute approximate surface area is 164 Å². The predicted octanol–water partition coefficient (Wildman–Crippen LogP) is 4.67. The zero-order chi connectivity index (χ0) is 19.3. The van der Waals surface area contributed by atoms with Crippen LogP contribution in [0.2, 0.25) is 0 Å². The molecule has 1 fully saturated rings. The first-order valence-corrected chi connectivity index (χ1v) is 9.44. The number of para-hydroxylation sites is 2. The minimum absolute atomic E-state index is 0.0742. The van der Waals surface area contributed by atoms with E-state index in [4.69, 9.17) is 13.9 Å². The van der Waals surface area contributed by atoms with Gasteiger partial charge in [-0.1, -0.05) is 42.5 Å². The number of methoxy groups -OCH3 is 1. The first-order chi connectivity index (χ1) is 13.7. The predicted molar refractivity (Wildman–Crippen MR) is 105 cm³/mol. The highest BCUT2D eigenvalue weighted by molar-refractivity contribution is 5.92. The van der Waals surface area contributed by atoms with Gasteiger partial charge in [0.15, 0.2) is 17.3 Å². The highest BCUT2D eigenvalue weighted by Gasteiger charge is 2.34. The van der Waals surface area contributed by atoms with E-state index in [-0.39, 0.29) is 12.5 Å². The van der Waals surface area contributed by atoms with Crippen molar-refractivity contribution in [3.05, 3.63) is 83.8 Å². The highest BCUT2D eigenvalue weighted by Crippen LogP contribution is 2.31. The van der Waals surface area contributed by atoms with Gasteiger partial charge in [0, 0.05) is 12.6 Å². The van der Waals surface area contributed by atoms with E-state index in [0.29, 0.717) is 35.6 Å². The molecule has 0 bridgehead atoms. The van der Waals surface area contributed by atoms with E-state index < -0.39 is 0 Å². The van der Waals surface area contributed by atoms with Crippen LogP contribution in [-0.2, 0) is 13.2 Å². The monoisotopic (exact) mass is 377 g/mol. The van der Waals surface area contributed by atoms with E-state index >= 15 is 0 Å². The topological polar surface area (TPSA) is 51.9 Å². The normalized spacial score (nSPS) is 13.2. The Morgan fingerprint density at radius 3 is 2.43 bits per heavy atom. The second kappa shape index (κ2) is 8.21. The van der Waals surface area contributed by atoms with E-state index in [1.165, 1.54) is 0 Å². The summed E-state index contributed by atoms with van der Waals surface area (Å²) in [5, 5.41) is 0. The lowest BCUT2D eigenvalue weighted by atomic mass is 10.2. The number of nitrogens with zero attached hydrogens (tertiary/aromatic N) is 1. The van der Waals surface area contributed by atoms with Gasteiger partial charge in [-0.05, 0) is 42.7 Å². The van der Waals surface area contributed by atoms with E-state index in [1.807, 2.05) is 59.5 Å². The van der Waals surface area contributed by atoms with E-state index in [1.54, 1.807) is 19.2 Å². The van der Waals surface area contributed by atoms with Crippen molar-refractivity contribution < 1.29 is 18.7 Å². The number of rotatable bonds is 8. The Morgan fingerprint density at radius 1 is 1.00 bits per heavy atom. The van der Waals surface area contributed by atoms with Crippen molar-refractivity contribution in [1.82, 2.24) is 4.90 Å². The molecule has 0 saturated heterocycles. The fourth-order valence-corrected chi connectivity index (χ4v) is 3.13. The lowest BCUT2D eigenvalue weighted by Crippen LogP contribution is -2.32. The highest BCUT2D eigenvalue weighted by atomic mass is 16.5. The summed E-state index contributed by atoms with van der Waals surface area (Å²) in [6.07, 6.45) is 2.09. The molecule has 1 aliphatic carbocycles. The molecule has 3 aromatic rings. The Morgan fingerprint density at radius 2 is 1.71 bits per heavy atom. The summed E-state index contributed by atoms with van der Waals surface area (Å²) in [6, 6.07) is 21.3. The molecule has 5 nitrogen and oxygen atoms in total. The third kappa shape index (κ3) is 4.19. The molecule has 1 amide bonds. The van der Waals surface area contributed by atoms with E-state index in [0.717, 1.165) is 18.4 Å². The standard InChI is InChI=1S/C23H23NO4/c1-26-20-9-5-6-10-21(20)27-16-19-13-14-22(28-19)23(25)24(18-11-12-18)15-17-7-3-2-4-8-17/h2-10,13-14,18H,11-12,15-16H2,1H3. The van der Waals surface area contributed by atoms with Crippen molar-refractivity contribution in [2.45, 2.75) is 32.0 Å². The van der Waals surface area contributed by atoms with Crippen LogP contribution in [0.25, 0.3) is 0 Å². The van der Waals surface area contributed by atoms with Crippen LogP contribution in [0.4, 0.5) is 0 Å². The number of amides is 1. The van der Waals surface area contributed by atoms with Crippen LogP contribution < -0.4 is 9.47 Å². The number of ether oxygens (including phenoxy) is 2. The average molecular weight is 377 g/mol. The number of hydrogen-bond acceptors (Lipinski definition) is 4. The molecule has 4 rings (SSSR count). The molecule has 1 saturated carbocycles. The zero-order valence-electron chi connectivity index (χ0n) is 15.8. The van der Waals surface area contributed by atoms with Crippen LogP contribution in [0.15, 0.2) is 71.1 Å². The van der Waals surface area contributed by atoms with Gasteiger partial charge in [0.1, 0.15) is 12.4 Å². The summed E-state index contributed by atoms with van der Waals surface area (Å²) in [5.41, 5.74) is 1.12. The molecule has 0 spiro atoms. The molecule has 1 heterocycles. The molecule has 0 N–H and O–H groups in total. The Balaban J connectivity index is 1.43. The smallest absolute Gasteiger partial charge is 0.290 e. The second-order valence-corrected chi connectivity index (χ2v) is 6.86. The van der Waals surface area contributed by atoms with Gasteiger partial charge in [0.05, 0.1) is 7.11 Å². The maximum atomic E-state index is 13.0.